The molecule has 0 spiro atoms. The van der Waals surface area contributed by atoms with Crippen molar-refractivity contribution in [1.29, 1.82) is 0 Å². The molecule has 0 aliphatic rings. The van der Waals surface area contributed by atoms with E-state index in [-0.39, 0.29) is 0 Å². The molecule has 70 valence electrons. The normalized spacial score (nSPS) is 11.5. The van der Waals surface area contributed by atoms with E-state index in [1.54, 1.807) is 11.8 Å². The van der Waals surface area contributed by atoms with Crippen LogP contribution in [-0.4, -0.2) is 19.0 Å². The minimum absolute atomic E-state index is 0.967. The smallest absolute Gasteiger partial charge is 0.0739 e. The van der Waals surface area contributed by atoms with Crippen molar-refractivity contribution in [2.45, 2.75) is 4.90 Å². The van der Waals surface area contributed by atoms with Gasteiger partial charge in [0.2, 0.25) is 0 Å². The number of benzene rings is 1. The van der Waals surface area contributed by atoms with Gasteiger partial charge in [-0.05, 0) is 12.1 Å². The Morgan fingerprint density at radius 1 is 1.31 bits per heavy atom. The van der Waals surface area contributed by atoms with Gasteiger partial charge in [0.05, 0.1) is 5.03 Å². The third-order valence-corrected chi connectivity index (χ3v) is 3.09. The summed E-state index contributed by atoms with van der Waals surface area (Å²) in [6, 6.07) is 10.2. The van der Waals surface area contributed by atoms with Crippen molar-refractivity contribution in [3.63, 3.8) is 0 Å². The molecule has 0 aliphatic heterocycles. The van der Waals surface area contributed by atoms with Crippen LogP contribution in [0.25, 0.3) is 0 Å². The Kier molecular flexibility index (Phi) is 4.25. The van der Waals surface area contributed by atoms with Crippen LogP contribution < -0.4 is 0 Å². The molecule has 0 unspecified atom stereocenters. The van der Waals surface area contributed by atoms with Gasteiger partial charge in [-0.3, -0.25) is 0 Å². The van der Waals surface area contributed by atoms with Crippen LogP contribution in [0.2, 0.25) is 0 Å². The standard InChI is InChI=1S/C10H13NS2/c1-11(2)10(12)8-13-9-6-4-3-5-7-9/h3-8,12H,1-2H3. The van der Waals surface area contributed by atoms with Crippen molar-refractivity contribution >= 4 is 24.4 Å². The van der Waals surface area contributed by atoms with E-state index in [9.17, 15) is 0 Å². The van der Waals surface area contributed by atoms with E-state index in [0.717, 1.165) is 5.03 Å². The van der Waals surface area contributed by atoms with Crippen molar-refractivity contribution in [2.75, 3.05) is 14.1 Å². The summed E-state index contributed by atoms with van der Waals surface area (Å²) >= 11 is 6.00. The predicted molar refractivity (Wildman–Crippen MR) is 63.1 cm³/mol. The first-order valence-electron chi connectivity index (χ1n) is 3.98. The lowest BCUT2D eigenvalue weighted by molar-refractivity contribution is 0.552. The Hall–Kier alpha value is -0.540. The second-order valence-electron chi connectivity index (χ2n) is 2.80. The summed E-state index contributed by atoms with van der Waals surface area (Å²) in [6.45, 7) is 0. The average Bonchev–Trinajstić information content (AvgIpc) is 2.15. The zero-order valence-corrected chi connectivity index (χ0v) is 9.48. The summed E-state index contributed by atoms with van der Waals surface area (Å²) in [5.74, 6) is 0. The molecule has 0 fully saturated rings. The largest absolute Gasteiger partial charge is 0.372 e. The molecule has 1 nitrogen and oxygen atoms in total. The highest BCUT2D eigenvalue weighted by Gasteiger charge is 1.92. The predicted octanol–water partition coefficient (Wildman–Crippen LogP) is 3.07. The highest BCUT2D eigenvalue weighted by Crippen LogP contribution is 2.21. The maximum Gasteiger partial charge on any atom is 0.0739 e. The van der Waals surface area contributed by atoms with Gasteiger partial charge < -0.3 is 4.90 Å². The first-order chi connectivity index (χ1) is 6.20. The second-order valence-corrected chi connectivity index (χ2v) is 4.20. The van der Waals surface area contributed by atoms with Crippen LogP contribution in [0.1, 0.15) is 0 Å². The maximum atomic E-state index is 4.32. The Bertz CT molecular complexity index is 280. The minimum Gasteiger partial charge on any atom is -0.372 e. The number of thiol groups is 1. The van der Waals surface area contributed by atoms with E-state index < -0.39 is 0 Å². The molecule has 0 saturated heterocycles. The first-order valence-corrected chi connectivity index (χ1v) is 5.31. The molecular formula is C10H13NS2. The summed E-state index contributed by atoms with van der Waals surface area (Å²) in [5, 5.41) is 2.99. The molecule has 0 amide bonds. The lowest BCUT2D eigenvalue weighted by atomic mass is 10.4. The van der Waals surface area contributed by atoms with E-state index >= 15 is 0 Å². The van der Waals surface area contributed by atoms with Gasteiger partial charge >= 0.3 is 0 Å². The number of hydrogen-bond acceptors (Lipinski definition) is 3. The first kappa shape index (κ1) is 10.5. The molecule has 0 bridgehead atoms. The molecule has 0 N–H and O–H groups in total. The van der Waals surface area contributed by atoms with Crippen LogP contribution in [-0.2, 0) is 0 Å². The number of hydrogen-bond donors (Lipinski definition) is 1. The number of rotatable bonds is 3. The molecule has 0 radical (unpaired) electrons. The molecular weight excluding hydrogens is 198 g/mol. The number of thioether (sulfide) groups is 1. The molecule has 1 rings (SSSR count). The molecule has 1 aromatic carbocycles. The fraction of sp³-hybridized carbons (Fsp3) is 0.200. The monoisotopic (exact) mass is 211 g/mol. The van der Waals surface area contributed by atoms with Crippen molar-refractivity contribution in [3.05, 3.63) is 40.8 Å². The summed E-state index contributed by atoms with van der Waals surface area (Å²) in [5.41, 5.74) is 0. The number of nitrogens with zero attached hydrogens (tertiary/aromatic N) is 1. The molecule has 0 aromatic heterocycles. The van der Waals surface area contributed by atoms with Gasteiger partial charge in [0, 0.05) is 24.4 Å². The van der Waals surface area contributed by atoms with Crippen molar-refractivity contribution in [1.82, 2.24) is 4.90 Å². The van der Waals surface area contributed by atoms with E-state index in [2.05, 4.69) is 24.8 Å². The van der Waals surface area contributed by atoms with Gasteiger partial charge in [-0.1, -0.05) is 30.0 Å². The molecule has 0 atom stereocenters. The summed E-state index contributed by atoms with van der Waals surface area (Å²) in [7, 11) is 3.95. The Morgan fingerprint density at radius 2 is 1.92 bits per heavy atom. The fourth-order valence-electron chi connectivity index (χ4n) is 0.725. The van der Waals surface area contributed by atoms with Gasteiger partial charge in [-0.25, -0.2) is 0 Å². The quantitative estimate of drug-likeness (QED) is 0.604. The summed E-state index contributed by atoms with van der Waals surface area (Å²) in [4.78, 5) is 3.20. The van der Waals surface area contributed by atoms with Gasteiger partial charge in [0.1, 0.15) is 0 Å². The zero-order chi connectivity index (χ0) is 9.68. The molecule has 13 heavy (non-hydrogen) atoms. The Morgan fingerprint density at radius 3 is 2.46 bits per heavy atom. The van der Waals surface area contributed by atoms with E-state index in [1.165, 1.54) is 4.90 Å². The van der Waals surface area contributed by atoms with Gasteiger partial charge in [-0.15, -0.1) is 12.6 Å². The topological polar surface area (TPSA) is 3.24 Å². The zero-order valence-electron chi connectivity index (χ0n) is 7.77. The lowest BCUT2D eigenvalue weighted by Crippen LogP contribution is -2.05. The Labute approximate surface area is 89.2 Å². The third-order valence-electron chi connectivity index (χ3n) is 1.50. The van der Waals surface area contributed by atoms with Crippen molar-refractivity contribution in [3.8, 4) is 0 Å². The molecule has 3 heteroatoms. The molecule has 0 saturated carbocycles. The van der Waals surface area contributed by atoms with Crippen LogP contribution in [0.3, 0.4) is 0 Å². The second kappa shape index (κ2) is 5.25. The highest BCUT2D eigenvalue weighted by molar-refractivity contribution is 8.02. The van der Waals surface area contributed by atoms with Gasteiger partial charge in [-0.2, -0.15) is 0 Å². The van der Waals surface area contributed by atoms with Crippen LogP contribution >= 0.6 is 24.4 Å². The highest BCUT2D eigenvalue weighted by atomic mass is 32.2. The van der Waals surface area contributed by atoms with Gasteiger partial charge in [0.25, 0.3) is 0 Å². The fourth-order valence-corrected chi connectivity index (χ4v) is 1.65. The van der Waals surface area contributed by atoms with Crippen LogP contribution in [0, 0.1) is 0 Å². The van der Waals surface area contributed by atoms with Gasteiger partial charge in [0.15, 0.2) is 0 Å². The van der Waals surface area contributed by atoms with Crippen LogP contribution in [0.15, 0.2) is 45.7 Å². The molecule has 1 aromatic rings. The van der Waals surface area contributed by atoms with E-state index in [4.69, 9.17) is 0 Å². The van der Waals surface area contributed by atoms with E-state index in [1.807, 2.05) is 42.6 Å². The maximum absolute atomic E-state index is 4.32. The van der Waals surface area contributed by atoms with Crippen molar-refractivity contribution < 1.29 is 0 Å². The SMILES string of the molecule is CN(C)C(S)=CSc1ccccc1. The summed E-state index contributed by atoms with van der Waals surface area (Å²) < 4.78 is 0. The minimum atomic E-state index is 0.967. The summed E-state index contributed by atoms with van der Waals surface area (Å²) in [6.07, 6.45) is 0. The lowest BCUT2D eigenvalue weighted by Gasteiger charge is -2.10. The van der Waals surface area contributed by atoms with Crippen molar-refractivity contribution in [2.24, 2.45) is 0 Å². The van der Waals surface area contributed by atoms with Crippen LogP contribution in [0.4, 0.5) is 0 Å². The molecule has 0 heterocycles. The van der Waals surface area contributed by atoms with E-state index in [0.29, 0.717) is 0 Å². The third kappa shape index (κ3) is 3.79. The molecule has 0 aliphatic carbocycles. The van der Waals surface area contributed by atoms with Crippen LogP contribution in [0.5, 0.6) is 0 Å². The Balaban J connectivity index is 2.57. The average molecular weight is 211 g/mol.